The van der Waals surface area contributed by atoms with Gasteiger partial charge in [-0.2, -0.15) is 0 Å². The molecule has 2 heterocycles. The first-order valence-corrected chi connectivity index (χ1v) is 8.82. The summed E-state index contributed by atoms with van der Waals surface area (Å²) in [5, 5.41) is -0.350. The molecule has 0 atom stereocenters. The molecule has 2 aliphatic heterocycles. The number of benzene rings is 1. The lowest BCUT2D eigenvalue weighted by Crippen LogP contribution is -2.29. The Bertz CT molecular complexity index is 711. The van der Waals surface area contributed by atoms with Crippen LogP contribution in [-0.4, -0.2) is 35.7 Å². The van der Waals surface area contributed by atoms with Crippen LogP contribution in [0.3, 0.4) is 0 Å². The summed E-state index contributed by atoms with van der Waals surface area (Å²) in [5.74, 6) is -0.780. The van der Waals surface area contributed by atoms with E-state index in [0.717, 1.165) is 48.3 Å². The first-order valence-electron chi connectivity index (χ1n) is 8.01. The molecular formula is C18H19FN2O2S. The SMILES string of the molecule is C=CCN1C(=O)S/C(=C/c2ccc(N3CCCCC3)cc2F)C1=O. The van der Waals surface area contributed by atoms with Crippen LogP contribution in [0.15, 0.2) is 35.8 Å². The van der Waals surface area contributed by atoms with Gasteiger partial charge in [0, 0.05) is 30.9 Å². The van der Waals surface area contributed by atoms with E-state index in [9.17, 15) is 14.0 Å². The van der Waals surface area contributed by atoms with E-state index in [1.165, 1.54) is 24.6 Å². The third-order valence-electron chi connectivity index (χ3n) is 4.18. The largest absolute Gasteiger partial charge is 0.371 e. The molecule has 0 bridgehead atoms. The molecule has 6 heteroatoms. The average Bonchev–Trinajstić information content (AvgIpc) is 2.85. The second-order valence-electron chi connectivity index (χ2n) is 5.83. The zero-order valence-electron chi connectivity index (χ0n) is 13.3. The van der Waals surface area contributed by atoms with E-state index in [1.54, 1.807) is 6.07 Å². The first-order chi connectivity index (χ1) is 11.6. The maximum absolute atomic E-state index is 14.4. The first kappa shape index (κ1) is 16.8. The van der Waals surface area contributed by atoms with Crippen LogP contribution >= 0.6 is 11.8 Å². The van der Waals surface area contributed by atoms with Crippen molar-refractivity contribution in [2.45, 2.75) is 19.3 Å². The van der Waals surface area contributed by atoms with Crippen LogP contribution < -0.4 is 4.90 Å². The molecule has 2 fully saturated rings. The van der Waals surface area contributed by atoms with E-state index in [-0.39, 0.29) is 22.5 Å². The molecule has 1 aromatic rings. The minimum absolute atomic E-state index is 0.165. The highest BCUT2D eigenvalue weighted by Crippen LogP contribution is 2.33. The van der Waals surface area contributed by atoms with E-state index in [4.69, 9.17) is 0 Å². The fourth-order valence-electron chi connectivity index (χ4n) is 2.91. The van der Waals surface area contributed by atoms with Crippen LogP contribution in [0.4, 0.5) is 14.9 Å². The average molecular weight is 346 g/mol. The van der Waals surface area contributed by atoms with Gasteiger partial charge in [-0.1, -0.05) is 6.08 Å². The third-order valence-corrected chi connectivity index (χ3v) is 5.08. The fraction of sp³-hybridized carbons (Fsp3) is 0.333. The van der Waals surface area contributed by atoms with Crippen LogP contribution in [-0.2, 0) is 4.79 Å². The molecule has 126 valence electrons. The van der Waals surface area contributed by atoms with Gasteiger partial charge in [0.2, 0.25) is 0 Å². The number of halogens is 1. The van der Waals surface area contributed by atoms with Crippen LogP contribution in [0.1, 0.15) is 24.8 Å². The van der Waals surface area contributed by atoms with Crippen LogP contribution in [0.2, 0.25) is 0 Å². The molecule has 3 rings (SSSR count). The predicted octanol–water partition coefficient (Wildman–Crippen LogP) is 4.04. The number of imide groups is 1. The maximum Gasteiger partial charge on any atom is 0.293 e. The van der Waals surface area contributed by atoms with Crippen molar-refractivity contribution in [2.75, 3.05) is 24.5 Å². The molecule has 2 aliphatic rings. The van der Waals surface area contributed by atoms with E-state index in [1.807, 2.05) is 6.07 Å². The smallest absolute Gasteiger partial charge is 0.293 e. The van der Waals surface area contributed by atoms with Crippen LogP contribution in [0, 0.1) is 5.82 Å². The summed E-state index contributed by atoms with van der Waals surface area (Å²) in [7, 11) is 0. The predicted molar refractivity (Wildman–Crippen MR) is 95.3 cm³/mol. The van der Waals surface area contributed by atoms with Crippen molar-refractivity contribution >= 4 is 34.7 Å². The van der Waals surface area contributed by atoms with Crippen molar-refractivity contribution in [2.24, 2.45) is 0 Å². The van der Waals surface area contributed by atoms with Gasteiger partial charge in [0.1, 0.15) is 5.82 Å². The highest BCUT2D eigenvalue weighted by atomic mass is 32.2. The van der Waals surface area contributed by atoms with Gasteiger partial charge in [0.25, 0.3) is 11.1 Å². The lowest BCUT2D eigenvalue weighted by molar-refractivity contribution is -0.122. The van der Waals surface area contributed by atoms with Gasteiger partial charge in [-0.3, -0.25) is 14.5 Å². The Balaban J connectivity index is 1.81. The topological polar surface area (TPSA) is 40.6 Å². The summed E-state index contributed by atoms with van der Waals surface area (Å²) in [6, 6.07) is 5.04. The Labute approximate surface area is 145 Å². The number of hydrogen-bond acceptors (Lipinski definition) is 4. The zero-order valence-corrected chi connectivity index (χ0v) is 14.2. The van der Waals surface area contributed by atoms with Gasteiger partial charge >= 0.3 is 0 Å². The normalized spacial score (nSPS) is 20.1. The fourth-order valence-corrected chi connectivity index (χ4v) is 3.75. The lowest BCUT2D eigenvalue weighted by Gasteiger charge is -2.28. The summed E-state index contributed by atoms with van der Waals surface area (Å²) in [4.78, 5) is 27.5. The number of carbonyl (C=O) groups excluding carboxylic acids is 2. The summed E-state index contributed by atoms with van der Waals surface area (Å²) >= 11 is 0.831. The number of rotatable bonds is 4. The van der Waals surface area contributed by atoms with Crippen molar-refractivity contribution in [3.05, 3.63) is 47.1 Å². The molecule has 2 amide bonds. The Morgan fingerprint density at radius 2 is 1.96 bits per heavy atom. The van der Waals surface area contributed by atoms with Crippen molar-refractivity contribution in [3.8, 4) is 0 Å². The monoisotopic (exact) mass is 346 g/mol. The molecule has 1 aromatic carbocycles. The summed E-state index contributed by atoms with van der Waals surface area (Å²) in [6.45, 7) is 5.58. The molecule has 0 radical (unpaired) electrons. The molecule has 0 saturated carbocycles. The van der Waals surface area contributed by atoms with Crippen molar-refractivity contribution < 1.29 is 14.0 Å². The number of thioether (sulfide) groups is 1. The Morgan fingerprint density at radius 3 is 2.62 bits per heavy atom. The van der Waals surface area contributed by atoms with E-state index in [2.05, 4.69) is 11.5 Å². The summed E-state index contributed by atoms with van der Waals surface area (Å²) in [6.07, 6.45) is 6.41. The highest BCUT2D eigenvalue weighted by Gasteiger charge is 2.34. The number of piperidine rings is 1. The molecule has 0 N–H and O–H groups in total. The van der Waals surface area contributed by atoms with Crippen LogP contribution in [0.25, 0.3) is 6.08 Å². The van der Waals surface area contributed by atoms with Gasteiger partial charge < -0.3 is 4.90 Å². The summed E-state index contributed by atoms with van der Waals surface area (Å²) < 4.78 is 14.4. The molecule has 0 unspecified atom stereocenters. The van der Waals surface area contributed by atoms with Crippen molar-refractivity contribution in [1.82, 2.24) is 4.90 Å². The van der Waals surface area contributed by atoms with Crippen molar-refractivity contribution in [1.29, 1.82) is 0 Å². The van der Waals surface area contributed by atoms with Gasteiger partial charge in [0.05, 0.1) is 4.91 Å². The zero-order chi connectivity index (χ0) is 17.1. The number of hydrogen-bond donors (Lipinski definition) is 0. The molecule has 2 saturated heterocycles. The molecule has 0 spiro atoms. The number of amides is 2. The molecular weight excluding hydrogens is 327 g/mol. The second kappa shape index (κ2) is 7.21. The second-order valence-corrected chi connectivity index (χ2v) is 6.83. The minimum atomic E-state index is -0.399. The number of nitrogens with zero attached hydrogens (tertiary/aromatic N) is 2. The van der Waals surface area contributed by atoms with Gasteiger partial charge in [-0.05, 0) is 55.3 Å². The van der Waals surface area contributed by atoms with Crippen LogP contribution in [0.5, 0.6) is 0 Å². The maximum atomic E-state index is 14.4. The highest BCUT2D eigenvalue weighted by molar-refractivity contribution is 8.18. The Morgan fingerprint density at radius 1 is 1.21 bits per heavy atom. The Kier molecular flexibility index (Phi) is 5.04. The molecule has 4 nitrogen and oxygen atoms in total. The van der Waals surface area contributed by atoms with E-state index < -0.39 is 5.91 Å². The quantitative estimate of drug-likeness (QED) is 0.609. The lowest BCUT2D eigenvalue weighted by atomic mass is 10.1. The molecule has 24 heavy (non-hydrogen) atoms. The van der Waals surface area contributed by atoms with Crippen molar-refractivity contribution in [3.63, 3.8) is 0 Å². The summed E-state index contributed by atoms with van der Waals surface area (Å²) in [5.41, 5.74) is 1.18. The van der Waals surface area contributed by atoms with Gasteiger partial charge in [-0.15, -0.1) is 6.58 Å². The molecule has 0 aromatic heterocycles. The van der Waals surface area contributed by atoms with E-state index >= 15 is 0 Å². The van der Waals surface area contributed by atoms with E-state index in [0.29, 0.717) is 5.56 Å². The minimum Gasteiger partial charge on any atom is -0.371 e. The van der Waals surface area contributed by atoms with Gasteiger partial charge in [-0.25, -0.2) is 4.39 Å². The Hall–Kier alpha value is -2.08. The standard InChI is InChI=1S/C18H19FN2O2S/c1-2-8-21-17(22)16(24-18(21)23)11-13-6-7-14(12-15(13)19)20-9-4-3-5-10-20/h2,6-7,11-12H,1,3-5,8-10H2/b16-11+. The number of anilines is 1. The molecule has 0 aliphatic carbocycles. The third kappa shape index (κ3) is 3.38. The number of carbonyl (C=O) groups is 2. The van der Waals surface area contributed by atoms with Gasteiger partial charge in [0.15, 0.2) is 0 Å².